The number of hydrogen-bond donors (Lipinski definition) is 4. The molecule has 3 aliphatic rings. The summed E-state index contributed by atoms with van der Waals surface area (Å²) in [5.41, 5.74) is 0.471. The Morgan fingerprint density at radius 2 is 2.12 bits per heavy atom. The maximum atomic E-state index is 12.5. The second-order valence-electron chi connectivity index (χ2n) is 8.58. The third kappa shape index (κ3) is 4.91. The number of carbonyl (C=O) groups excluding carboxylic acids is 1. The van der Waals surface area contributed by atoms with E-state index in [1.54, 1.807) is 6.92 Å². The number of β-lactam (4-membered cyclic amide) rings is 1. The lowest BCUT2D eigenvalue weighted by Crippen LogP contribution is -2.63. The van der Waals surface area contributed by atoms with Gasteiger partial charge in [-0.2, -0.15) is 17.4 Å². The molecular weight excluding hydrogens is 474 g/mol. The molecule has 3 heterocycles. The standard InChI is InChI=1S/C19H31N5O7S2/c1-9-15-14(10(2)25)18(26)24(15)16(19(27)28)17(9)32-11-6-12(20-7-11)13(22-31-5)8-21-33(29,30)23(3)4/h9-12,14-15,20-21,25H,6-8H2,1-5H3,(H,27,28)/b22-13+/t9-,10-,11+,12+,14-,15-/m1/s1. The Labute approximate surface area is 197 Å². The summed E-state index contributed by atoms with van der Waals surface area (Å²) in [5, 5.41) is 27.0. The van der Waals surface area contributed by atoms with Gasteiger partial charge in [-0.25, -0.2) is 4.79 Å². The Hall–Kier alpha value is -1.71. The summed E-state index contributed by atoms with van der Waals surface area (Å²) in [7, 11) is 0.582. The highest BCUT2D eigenvalue weighted by molar-refractivity contribution is 8.03. The quantitative estimate of drug-likeness (QED) is 0.166. The van der Waals surface area contributed by atoms with E-state index in [0.29, 0.717) is 23.6 Å². The number of thioether (sulfide) groups is 1. The van der Waals surface area contributed by atoms with Crippen LogP contribution in [0.15, 0.2) is 15.8 Å². The van der Waals surface area contributed by atoms with Crippen LogP contribution in [0.25, 0.3) is 0 Å². The van der Waals surface area contributed by atoms with Crippen molar-refractivity contribution >= 4 is 39.6 Å². The molecule has 6 atom stereocenters. The van der Waals surface area contributed by atoms with Crippen LogP contribution in [0.4, 0.5) is 0 Å². The second-order valence-corrected chi connectivity index (χ2v) is 11.9. The van der Waals surface area contributed by atoms with Gasteiger partial charge in [0, 0.05) is 36.7 Å². The molecule has 0 saturated carbocycles. The first kappa shape index (κ1) is 25.9. The van der Waals surface area contributed by atoms with Crippen LogP contribution in [0.3, 0.4) is 0 Å². The van der Waals surface area contributed by atoms with Crippen molar-refractivity contribution in [2.75, 3.05) is 34.3 Å². The summed E-state index contributed by atoms with van der Waals surface area (Å²) in [6.45, 7) is 3.93. The van der Waals surface area contributed by atoms with E-state index in [1.807, 2.05) is 6.92 Å². The SMILES string of the molecule is CO/N=C(\CNS(=O)(=O)N(C)C)[C@@H]1C[C@H](SC2=C(C(=O)O)N3C(=O)[C@H]([C@@H](C)O)[C@H]3[C@H]2C)CN1. The molecule has 2 fully saturated rings. The Morgan fingerprint density at radius 3 is 2.67 bits per heavy atom. The summed E-state index contributed by atoms with van der Waals surface area (Å²) in [6, 6.07) is -0.621. The predicted molar refractivity (Wildman–Crippen MR) is 122 cm³/mol. The van der Waals surface area contributed by atoms with Gasteiger partial charge in [-0.1, -0.05) is 12.1 Å². The van der Waals surface area contributed by atoms with E-state index in [9.17, 15) is 28.2 Å². The molecule has 3 aliphatic heterocycles. The lowest BCUT2D eigenvalue weighted by atomic mass is 9.79. The van der Waals surface area contributed by atoms with E-state index in [-0.39, 0.29) is 41.4 Å². The first-order chi connectivity index (χ1) is 15.4. The lowest BCUT2D eigenvalue weighted by molar-refractivity contribution is -0.163. The highest BCUT2D eigenvalue weighted by atomic mass is 32.2. The molecule has 3 rings (SSSR count). The van der Waals surface area contributed by atoms with Crippen LogP contribution < -0.4 is 10.0 Å². The zero-order valence-electron chi connectivity index (χ0n) is 19.2. The number of aliphatic hydroxyl groups excluding tert-OH is 1. The van der Waals surface area contributed by atoms with Crippen LogP contribution in [-0.2, 0) is 24.6 Å². The van der Waals surface area contributed by atoms with E-state index < -0.39 is 28.2 Å². The third-order valence-corrected chi connectivity index (χ3v) is 9.20. The molecule has 2 saturated heterocycles. The molecule has 33 heavy (non-hydrogen) atoms. The minimum atomic E-state index is -3.64. The minimum absolute atomic E-state index is 0.00706. The van der Waals surface area contributed by atoms with Crippen molar-refractivity contribution in [1.29, 1.82) is 0 Å². The summed E-state index contributed by atoms with van der Waals surface area (Å²) in [5.74, 6) is -2.34. The number of oxime groups is 1. The number of rotatable bonds is 10. The zero-order valence-corrected chi connectivity index (χ0v) is 20.8. The van der Waals surface area contributed by atoms with E-state index in [4.69, 9.17) is 4.84 Å². The van der Waals surface area contributed by atoms with E-state index in [1.165, 1.54) is 37.9 Å². The van der Waals surface area contributed by atoms with Gasteiger partial charge in [0.2, 0.25) is 5.91 Å². The average Bonchev–Trinajstić information content (AvgIpc) is 3.27. The Balaban J connectivity index is 1.72. The van der Waals surface area contributed by atoms with Crippen LogP contribution in [-0.4, -0.2) is 103 Å². The van der Waals surface area contributed by atoms with Crippen molar-refractivity contribution in [3.05, 3.63) is 10.6 Å². The monoisotopic (exact) mass is 505 g/mol. The molecule has 14 heteroatoms. The first-order valence-electron chi connectivity index (χ1n) is 10.6. The summed E-state index contributed by atoms with van der Waals surface area (Å²) in [4.78, 5) is 31.3. The molecule has 4 N–H and O–H groups in total. The molecule has 0 aromatic heterocycles. The number of amides is 1. The molecule has 12 nitrogen and oxygen atoms in total. The number of carboxylic acid groups (broad SMARTS) is 1. The number of nitrogens with one attached hydrogen (secondary N) is 2. The van der Waals surface area contributed by atoms with Gasteiger partial charge in [0.15, 0.2) is 0 Å². The van der Waals surface area contributed by atoms with Gasteiger partial charge >= 0.3 is 5.97 Å². The van der Waals surface area contributed by atoms with Crippen molar-refractivity contribution in [2.45, 2.75) is 43.7 Å². The van der Waals surface area contributed by atoms with E-state index in [0.717, 1.165) is 4.31 Å². The van der Waals surface area contributed by atoms with E-state index >= 15 is 0 Å². The van der Waals surface area contributed by atoms with Crippen LogP contribution in [0.1, 0.15) is 20.3 Å². The fraction of sp³-hybridized carbons (Fsp3) is 0.737. The summed E-state index contributed by atoms with van der Waals surface area (Å²) < 4.78 is 27.6. The lowest BCUT2D eigenvalue weighted by Gasteiger charge is -2.46. The molecule has 0 aromatic rings. The van der Waals surface area contributed by atoms with Crippen LogP contribution in [0, 0.1) is 11.8 Å². The van der Waals surface area contributed by atoms with Crippen molar-refractivity contribution < 1.29 is 33.1 Å². The number of aliphatic hydroxyl groups is 1. The van der Waals surface area contributed by atoms with Gasteiger partial charge in [-0.05, 0) is 13.3 Å². The van der Waals surface area contributed by atoms with Gasteiger partial charge in [-0.15, -0.1) is 11.8 Å². The van der Waals surface area contributed by atoms with Crippen LogP contribution >= 0.6 is 11.8 Å². The maximum Gasteiger partial charge on any atom is 0.353 e. The largest absolute Gasteiger partial charge is 0.477 e. The Kier molecular flexibility index (Phi) is 7.75. The number of nitrogens with zero attached hydrogens (tertiary/aromatic N) is 3. The summed E-state index contributed by atoms with van der Waals surface area (Å²) >= 11 is 1.41. The van der Waals surface area contributed by atoms with Crippen molar-refractivity contribution in [2.24, 2.45) is 17.0 Å². The molecule has 0 radical (unpaired) electrons. The predicted octanol–water partition coefficient (Wildman–Crippen LogP) is -0.998. The average molecular weight is 506 g/mol. The van der Waals surface area contributed by atoms with Gasteiger partial charge < -0.3 is 25.3 Å². The van der Waals surface area contributed by atoms with Crippen LogP contribution in [0.2, 0.25) is 0 Å². The normalized spacial score (nSPS) is 31.1. The molecule has 0 aliphatic carbocycles. The van der Waals surface area contributed by atoms with Gasteiger partial charge in [0.25, 0.3) is 10.2 Å². The number of carboxylic acids is 1. The third-order valence-electron chi connectivity index (χ3n) is 6.22. The molecule has 0 unspecified atom stereocenters. The highest BCUT2D eigenvalue weighted by Gasteiger charge is 2.60. The number of carbonyl (C=O) groups is 2. The topological polar surface area (TPSA) is 161 Å². The molecule has 0 spiro atoms. The van der Waals surface area contributed by atoms with Gasteiger partial charge in [-0.3, -0.25) is 4.79 Å². The zero-order chi connectivity index (χ0) is 24.7. The summed E-state index contributed by atoms with van der Waals surface area (Å²) in [6.07, 6.45) is -0.283. The van der Waals surface area contributed by atoms with E-state index in [2.05, 4.69) is 15.2 Å². The molecule has 0 bridgehead atoms. The fourth-order valence-electron chi connectivity index (χ4n) is 4.54. The number of hydrogen-bond acceptors (Lipinski definition) is 9. The van der Waals surface area contributed by atoms with Crippen LogP contribution in [0.5, 0.6) is 0 Å². The molecule has 0 aromatic carbocycles. The van der Waals surface area contributed by atoms with Gasteiger partial charge in [0.05, 0.1) is 36.4 Å². The minimum Gasteiger partial charge on any atom is -0.477 e. The van der Waals surface area contributed by atoms with Gasteiger partial charge in [0.1, 0.15) is 12.8 Å². The van der Waals surface area contributed by atoms with Crippen molar-refractivity contribution in [3.8, 4) is 0 Å². The Morgan fingerprint density at radius 1 is 1.45 bits per heavy atom. The second kappa shape index (κ2) is 9.88. The smallest absolute Gasteiger partial charge is 0.353 e. The molecule has 186 valence electrons. The number of aliphatic carboxylic acids is 1. The molecule has 1 amide bonds. The highest BCUT2D eigenvalue weighted by Crippen LogP contribution is 2.51. The fourth-order valence-corrected chi connectivity index (χ4v) is 6.60. The first-order valence-corrected chi connectivity index (χ1v) is 12.9. The maximum absolute atomic E-state index is 12.5. The Bertz CT molecular complexity index is 966. The van der Waals surface area contributed by atoms with Crippen molar-refractivity contribution in [3.63, 3.8) is 0 Å². The molecular formula is C19H31N5O7S2. The van der Waals surface area contributed by atoms with Crippen molar-refractivity contribution in [1.82, 2.24) is 19.2 Å². The number of fused-ring (bicyclic) bond motifs is 1.